The van der Waals surface area contributed by atoms with Crippen molar-refractivity contribution < 1.29 is 13.6 Å². The summed E-state index contributed by atoms with van der Waals surface area (Å²) < 4.78 is 26.3. The Morgan fingerprint density at radius 3 is 2.83 bits per heavy atom. The molecule has 100 valence electrons. The normalized spacial score (nSPS) is 18.9. The highest BCUT2D eigenvalue weighted by Crippen LogP contribution is 2.10. The van der Waals surface area contributed by atoms with Crippen LogP contribution in [0.4, 0.5) is 8.78 Å². The lowest BCUT2D eigenvalue weighted by atomic mass is 10.1. The van der Waals surface area contributed by atoms with Gasteiger partial charge in [-0.25, -0.2) is 8.78 Å². The van der Waals surface area contributed by atoms with E-state index in [4.69, 9.17) is 0 Å². The second kappa shape index (κ2) is 6.66. The molecule has 1 amide bonds. The van der Waals surface area contributed by atoms with Crippen LogP contribution in [0.2, 0.25) is 0 Å². The highest BCUT2D eigenvalue weighted by Gasteiger charge is 2.18. The molecule has 1 aliphatic heterocycles. The molecule has 2 rings (SSSR count). The zero-order chi connectivity index (χ0) is 12.3. The standard InChI is InChI=1S/C12H14F2N2O.ClH/c13-8-3-4-11(14)10(6-8)12(17)16-9-2-1-5-15-7-9;/h3-4,6,9,15H,1-2,5,7H2,(H,16,17);1H/t9-;/m1./s1. The molecular formula is C12H15ClF2N2O. The van der Waals surface area contributed by atoms with E-state index in [0.29, 0.717) is 6.54 Å². The van der Waals surface area contributed by atoms with Crippen LogP contribution in [0.3, 0.4) is 0 Å². The van der Waals surface area contributed by atoms with Gasteiger partial charge in [0.25, 0.3) is 5.91 Å². The zero-order valence-corrected chi connectivity index (χ0v) is 10.5. The van der Waals surface area contributed by atoms with E-state index in [1.54, 1.807) is 0 Å². The van der Waals surface area contributed by atoms with Crippen molar-refractivity contribution in [3.05, 3.63) is 35.4 Å². The van der Waals surface area contributed by atoms with Crippen LogP contribution >= 0.6 is 12.4 Å². The van der Waals surface area contributed by atoms with Crippen LogP contribution < -0.4 is 10.6 Å². The largest absolute Gasteiger partial charge is 0.348 e. The van der Waals surface area contributed by atoms with E-state index in [-0.39, 0.29) is 24.0 Å². The number of halogens is 3. The molecule has 1 aromatic carbocycles. The third-order valence-corrected chi connectivity index (χ3v) is 2.81. The summed E-state index contributed by atoms with van der Waals surface area (Å²) in [6.07, 6.45) is 1.83. The van der Waals surface area contributed by atoms with Crippen LogP contribution in [0.1, 0.15) is 23.2 Å². The molecule has 18 heavy (non-hydrogen) atoms. The average molecular weight is 277 g/mol. The molecule has 3 nitrogen and oxygen atoms in total. The maximum absolute atomic E-state index is 13.3. The Labute approximate surface area is 110 Å². The van der Waals surface area contributed by atoms with Gasteiger partial charge in [0.15, 0.2) is 0 Å². The molecule has 1 saturated heterocycles. The molecule has 1 aromatic rings. The summed E-state index contributed by atoms with van der Waals surface area (Å²) in [6, 6.07) is 2.86. The minimum atomic E-state index is -0.701. The average Bonchev–Trinajstić information content (AvgIpc) is 2.33. The zero-order valence-electron chi connectivity index (χ0n) is 9.71. The van der Waals surface area contributed by atoms with Gasteiger partial charge in [0.05, 0.1) is 5.56 Å². The summed E-state index contributed by atoms with van der Waals surface area (Å²) in [5.41, 5.74) is -0.240. The number of amides is 1. The van der Waals surface area contributed by atoms with Gasteiger partial charge in [0, 0.05) is 12.6 Å². The molecule has 1 heterocycles. The Balaban J connectivity index is 0.00000162. The van der Waals surface area contributed by atoms with Crippen molar-refractivity contribution >= 4 is 18.3 Å². The van der Waals surface area contributed by atoms with Gasteiger partial charge in [-0.3, -0.25) is 4.79 Å². The monoisotopic (exact) mass is 276 g/mol. The van der Waals surface area contributed by atoms with Gasteiger partial charge in [-0.15, -0.1) is 12.4 Å². The summed E-state index contributed by atoms with van der Waals surface area (Å²) in [5, 5.41) is 5.83. The Hall–Kier alpha value is -1.20. The first-order valence-corrected chi connectivity index (χ1v) is 5.63. The topological polar surface area (TPSA) is 41.1 Å². The van der Waals surface area contributed by atoms with Crippen molar-refractivity contribution in [3.8, 4) is 0 Å². The van der Waals surface area contributed by atoms with Crippen LogP contribution in [-0.2, 0) is 0 Å². The van der Waals surface area contributed by atoms with E-state index in [0.717, 1.165) is 37.6 Å². The minimum Gasteiger partial charge on any atom is -0.348 e. The fourth-order valence-corrected chi connectivity index (χ4v) is 1.91. The first-order chi connectivity index (χ1) is 8.16. The predicted octanol–water partition coefficient (Wildman–Crippen LogP) is 1.87. The van der Waals surface area contributed by atoms with E-state index < -0.39 is 17.5 Å². The number of carbonyl (C=O) groups excluding carboxylic acids is 1. The Bertz CT molecular complexity index is 423. The highest BCUT2D eigenvalue weighted by atomic mass is 35.5. The summed E-state index contributed by atoms with van der Waals surface area (Å²) in [4.78, 5) is 11.7. The van der Waals surface area contributed by atoms with Crippen molar-refractivity contribution in [2.75, 3.05) is 13.1 Å². The SMILES string of the molecule is Cl.O=C(N[C@@H]1CCCNC1)c1cc(F)ccc1F. The second-order valence-corrected chi connectivity index (χ2v) is 4.14. The Morgan fingerprint density at radius 2 is 2.17 bits per heavy atom. The van der Waals surface area contributed by atoms with E-state index in [1.807, 2.05) is 0 Å². The number of hydrogen-bond donors (Lipinski definition) is 2. The van der Waals surface area contributed by atoms with E-state index >= 15 is 0 Å². The third-order valence-electron chi connectivity index (χ3n) is 2.81. The lowest BCUT2D eigenvalue weighted by Gasteiger charge is -2.23. The number of rotatable bonds is 2. The maximum Gasteiger partial charge on any atom is 0.254 e. The molecule has 0 radical (unpaired) electrons. The molecule has 0 saturated carbocycles. The van der Waals surface area contributed by atoms with Gasteiger partial charge in [0.2, 0.25) is 0 Å². The molecule has 0 unspecified atom stereocenters. The number of hydrogen-bond acceptors (Lipinski definition) is 2. The minimum absolute atomic E-state index is 0. The predicted molar refractivity (Wildman–Crippen MR) is 67.0 cm³/mol. The van der Waals surface area contributed by atoms with Gasteiger partial charge < -0.3 is 10.6 Å². The molecule has 2 N–H and O–H groups in total. The number of nitrogens with one attached hydrogen (secondary N) is 2. The lowest BCUT2D eigenvalue weighted by molar-refractivity contribution is 0.0926. The van der Waals surface area contributed by atoms with Crippen molar-refractivity contribution in [3.63, 3.8) is 0 Å². The molecule has 0 bridgehead atoms. The molecule has 0 aliphatic carbocycles. The van der Waals surface area contributed by atoms with Crippen LogP contribution in [0.5, 0.6) is 0 Å². The van der Waals surface area contributed by atoms with Crippen molar-refractivity contribution in [1.82, 2.24) is 10.6 Å². The molecule has 0 aromatic heterocycles. The summed E-state index contributed by atoms with van der Waals surface area (Å²) in [7, 11) is 0. The Morgan fingerprint density at radius 1 is 1.39 bits per heavy atom. The number of carbonyl (C=O) groups is 1. The summed E-state index contributed by atoms with van der Waals surface area (Å²) >= 11 is 0. The fourth-order valence-electron chi connectivity index (χ4n) is 1.91. The van der Waals surface area contributed by atoms with Gasteiger partial charge in [-0.1, -0.05) is 0 Å². The van der Waals surface area contributed by atoms with Crippen LogP contribution in [0.15, 0.2) is 18.2 Å². The smallest absolute Gasteiger partial charge is 0.254 e. The molecular weight excluding hydrogens is 262 g/mol. The van der Waals surface area contributed by atoms with Crippen molar-refractivity contribution in [1.29, 1.82) is 0 Å². The van der Waals surface area contributed by atoms with Gasteiger partial charge in [-0.2, -0.15) is 0 Å². The van der Waals surface area contributed by atoms with Gasteiger partial charge in [-0.05, 0) is 37.6 Å². The molecule has 1 fully saturated rings. The summed E-state index contributed by atoms with van der Waals surface area (Å²) in [6.45, 7) is 1.60. The van der Waals surface area contributed by atoms with Crippen molar-refractivity contribution in [2.45, 2.75) is 18.9 Å². The first kappa shape index (κ1) is 14.9. The van der Waals surface area contributed by atoms with Crippen LogP contribution in [-0.4, -0.2) is 25.0 Å². The van der Waals surface area contributed by atoms with Gasteiger partial charge in [0.1, 0.15) is 11.6 Å². The Kier molecular flexibility index (Phi) is 5.50. The number of benzene rings is 1. The molecule has 1 aliphatic rings. The van der Waals surface area contributed by atoms with Crippen molar-refractivity contribution in [2.24, 2.45) is 0 Å². The van der Waals surface area contributed by atoms with Gasteiger partial charge >= 0.3 is 0 Å². The lowest BCUT2D eigenvalue weighted by Crippen LogP contribution is -2.45. The fraction of sp³-hybridized carbons (Fsp3) is 0.417. The molecule has 6 heteroatoms. The van der Waals surface area contributed by atoms with Crippen LogP contribution in [0, 0.1) is 11.6 Å². The van der Waals surface area contributed by atoms with E-state index in [9.17, 15) is 13.6 Å². The molecule has 1 atom stereocenters. The second-order valence-electron chi connectivity index (χ2n) is 4.14. The quantitative estimate of drug-likeness (QED) is 0.866. The molecule has 0 spiro atoms. The highest BCUT2D eigenvalue weighted by molar-refractivity contribution is 5.94. The maximum atomic E-state index is 13.3. The number of piperidine rings is 1. The third kappa shape index (κ3) is 3.65. The van der Waals surface area contributed by atoms with Crippen LogP contribution in [0.25, 0.3) is 0 Å². The van der Waals surface area contributed by atoms with E-state index in [1.165, 1.54) is 0 Å². The first-order valence-electron chi connectivity index (χ1n) is 5.63. The van der Waals surface area contributed by atoms with E-state index in [2.05, 4.69) is 10.6 Å². The summed E-state index contributed by atoms with van der Waals surface area (Å²) in [5.74, 6) is -1.87.